The van der Waals surface area contributed by atoms with Gasteiger partial charge in [-0.1, -0.05) is 29.8 Å². The van der Waals surface area contributed by atoms with Crippen molar-refractivity contribution in [2.75, 3.05) is 0 Å². The molecule has 0 fully saturated rings. The van der Waals surface area contributed by atoms with Gasteiger partial charge in [0.15, 0.2) is 5.03 Å². The van der Waals surface area contributed by atoms with E-state index in [9.17, 15) is 26.4 Å². The zero-order valence-corrected chi connectivity index (χ0v) is 21.8. The Morgan fingerprint density at radius 1 is 1.08 bits per heavy atom. The van der Waals surface area contributed by atoms with Gasteiger partial charge >= 0.3 is 6.18 Å². The Bertz CT molecular complexity index is 1480. The fraction of sp³-hybridized carbons (Fsp3) is 0.296. The first-order chi connectivity index (χ1) is 17.8. The van der Waals surface area contributed by atoms with Gasteiger partial charge in [0.05, 0.1) is 11.6 Å². The maximum atomic E-state index is 13.1. The lowest BCUT2D eigenvalue weighted by Crippen LogP contribution is -2.31. The summed E-state index contributed by atoms with van der Waals surface area (Å²) in [6.07, 6.45) is -1.58. The Balaban J connectivity index is 1.72. The molecule has 1 atom stereocenters. The zero-order chi connectivity index (χ0) is 27.7. The van der Waals surface area contributed by atoms with E-state index in [0.717, 1.165) is 16.7 Å². The first kappa shape index (κ1) is 27.3. The Morgan fingerprint density at radius 3 is 2.37 bits per heavy atom. The van der Waals surface area contributed by atoms with E-state index in [1.807, 2.05) is 37.6 Å². The SMILES string of the molecule is Cc1cc(C)c(Oc2nc(C3=CCC(C(F)(F)F)CC3)ccc2C(=O)NS(=O)(=O)c2ccccn2)c(C)c1. The van der Waals surface area contributed by atoms with E-state index < -0.39 is 28.0 Å². The Morgan fingerprint density at radius 2 is 1.79 bits per heavy atom. The number of halogens is 3. The van der Waals surface area contributed by atoms with Crippen molar-refractivity contribution in [3.05, 3.63) is 82.7 Å². The topological polar surface area (TPSA) is 98.2 Å². The largest absolute Gasteiger partial charge is 0.438 e. The number of nitrogens with zero attached hydrogens (tertiary/aromatic N) is 2. The molecule has 4 rings (SSSR count). The Labute approximate surface area is 218 Å². The number of alkyl halides is 3. The van der Waals surface area contributed by atoms with Crippen molar-refractivity contribution in [2.45, 2.75) is 51.2 Å². The molecule has 200 valence electrons. The zero-order valence-electron chi connectivity index (χ0n) is 21.0. The van der Waals surface area contributed by atoms with Crippen LogP contribution in [0.2, 0.25) is 0 Å². The molecule has 0 radical (unpaired) electrons. The third kappa shape index (κ3) is 6.04. The molecule has 1 aliphatic carbocycles. The summed E-state index contributed by atoms with van der Waals surface area (Å²) in [6.45, 7) is 5.57. The number of nitrogens with one attached hydrogen (secondary N) is 1. The average molecular weight is 546 g/mol. The van der Waals surface area contributed by atoms with E-state index in [4.69, 9.17) is 4.74 Å². The molecule has 1 aromatic carbocycles. The van der Waals surface area contributed by atoms with Crippen LogP contribution in [-0.4, -0.2) is 30.5 Å². The number of sulfonamides is 1. The number of ether oxygens (including phenoxy) is 1. The van der Waals surface area contributed by atoms with Crippen LogP contribution in [0.15, 0.2) is 59.8 Å². The van der Waals surface area contributed by atoms with Gasteiger partial charge in [0.1, 0.15) is 11.3 Å². The normalized spacial score (nSPS) is 16.1. The van der Waals surface area contributed by atoms with Crippen LogP contribution in [0.1, 0.15) is 52.0 Å². The van der Waals surface area contributed by atoms with Gasteiger partial charge in [0.2, 0.25) is 5.88 Å². The monoisotopic (exact) mass is 545 g/mol. The van der Waals surface area contributed by atoms with Crippen molar-refractivity contribution >= 4 is 21.5 Å². The van der Waals surface area contributed by atoms with Gasteiger partial charge in [-0.3, -0.25) is 4.79 Å². The van der Waals surface area contributed by atoms with Crippen molar-refractivity contribution in [1.82, 2.24) is 14.7 Å². The summed E-state index contributed by atoms with van der Waals surface area (Å²) in [6, 6.07) is 10.9. The number of amides is 1. The summed E-state index contributed by atoms with van der Waals surface area (Å²) in [4.78, 5) is 21.4. The average Bonchev–Trinajstić information content (AvgIpc) is 2.86. The molecule has 2 heterocycles. The molecule has 7 nitrogen and oxygen atoms in total. The van der Waals surface area contributed by atoms with E-state index in [0.29, 0.717) is 17.0 Å². The van der Waals surface area contributed by atoms with Gasteiger partial charge in [0.25, 0.3) is 15.9 Å². The highest BCUT2D eigenvalue weighted by Gasteiger charge is 2.40. The van der Waals surface area contributed by atoms with Crippen molar-refractivity contribution in [2.24, 2.45) is 5.92 Å². The van der Waals surface area contributed by atoms with Crippen molar-refractivity contribution in [3.8, 4) is 11.6 Å². The lowest BCUT2D eigenvalue weighted by Gasteiger charge is -2.24. The number of carbonyl (C=O) groups is 1. The van der Waals surface area contributed by atoms with Gasteiger partial charge in [-0.15, -0.1) is 0 Å². The molecule has 0 saturated heterocycles. The van der Waals surface area contributed by atoms with Gasteiger partial charge in [-0.05, 0) is 81.0 Å². The van der Waals surface area contributed by atoms with Gasteiger partial charge in [0, 0.05) is 6.20 Å². The van der Waals surface area contributed by atoms with Crippen LogP contribution in [0.25, 0.3) is 5.57 Å². The molecule has 1 aliphatic rings. The van der Waals surface area contributed by atoms with E-state index >= 15 is 0 Å². The fourth-order valence-corrected chi connectivity index (χ4v) is 5.31. The number of benzene rings is 1. The number of aromatic nitrogens is 2. The minimum absolute atomic E-state index is 0.0755. The van der Waals surface area contributed by atoms with Crippen LogP contribution in [0.5, 0.6) is 11.6 Å². The lowest BCUT2D eigenvalue weighted by atomic mass is 9.87. The maximum Gasteiger partial charge on any atom is 0.392 e. The summed E-state index contributed by atoms with van der Waals surface area (Å²) in [5.74, 6) is -2.12. The van der Waals surface area contributed by atoms with Crippen LogP contribution in [0, 0.1) is 26.7 Å². The third-order valence-corrected chi connectivity index (χ3v) is 7.50. The molecule has 0 spiro atoms. The van der Waals surface area contributed by atoms with E-state index in [-0.39, 0.29) is 35.7 Å². The summed E-state index contributed by atoms with van der Waals surface area (Å²) < 4.78 is 72.8. The van der Waals surface area contributed by atoms with Crippen LogP contribution in [0.3, 0.4) is 0 Å². The second-order valence-corrected chi connectivity index (χ2v) is 10.9. The van der Waals surface area contributed by atoms with Crippen molar-refractivity contribution in [1.29, 1.82) is 0 Å². The molecule has 38 heavy (non-hydrogen) atoms. The number of rotatable bonds is 6. The van der Waals surface area contributed by atoms with Crippen LogP contribution in [0.4, 0.5) is 13.2 Å². The highest BCUT2D eigenvalue weighted by molar-refractivity contribution is 7.90. The van der Waals surface area contributed by atoms with Crippen molar-refractivity contribution in [3.63, 3.8) is 0 Å². The molecule has 1 unspecified atom stereocenters. The predicted octanol–water partition coefficient (Wildman–Crippen LogP) is 6.06. The highest BCUT2D eigenvalue weighted by atomic mass is 32.2. The summed E-state index contributed by atoms with van der Waals surface area (Å²) in [7, 11) is -4.28. The molecular weight excluding hydrogens is 519 g/mol. The summed E-state index contributed by atoms with van der Waals surface area (Å²) in [5.41, 5.74) is 3.34. The second kappa shape index (κ2) is 10.6. The molecule has 2 aromatic heterocycles. The van der Waals surface area contributed by atoms with Crippen LogP contribution >= 0.6 is 0 Å². The molecular formula is C27H26F3N3O4S. The molecule has 3 aromatic rings. The first-order valence-corrected chi connectivity index (χ1v) is 13.3. The van der Waals surface area contributed by atoms with Gasteiger partial charge in [-0.25, -0.2) is 14.7 Å². The smallest absolute Gasteiger partial charge is 0.392 e. The third-order valence-electron chi connectivity index (χ3n) is 6.25. The number of hydrogen-bond acceptors (Lipinski definition) is 6. The number of pyridine rings is 2. The molecule has 0 bridgehead atoms. The fourth-order valence-electron chi connectivity index (χ4n) is 4.39. The van der Waals surface area contributed by atoms with Crippen LogP contribution in [-0.2, 0) is 10.0 Å². The Kier molecular flexibility index (Phi) is 7.59. The lowest BCUT2D eigenvalue weighted by molar-refractivity contribution is -0.175. The summed E-state index contributed by atoms with van der Waals surface area (Å²) >= 11 is 0. The molecule has 1 amide bonds. The molecule has 11 heteroatoms. The minimum Gasteiger partial charge on any atom is -0.438 e. The summed E-state index contributed by atoms with van der Waals surface area (Å²) in [5, 5.41) is -0.336. The highest BCUT2D eigenvalue weighted by Crippen LogP contribution is 2.40. The molecule has 0 aliphatic heterocycles. The van der Waals surface area contributed by atoms with E-state index in [2.05, 4.69) is 9.97 Å². The first-order valence-electron chi connectivity index (χ1n) is 11.9. The minimum atomic E-state index is -4.28. The number of allylic oxidation sites excluding steroid dienone is 2. The maximum absolute atomic E-state index is 13.1. The van der Waals surface area contributed by atoms with E-state index in [1.165, 1.54) is 36.5 Å². The predicted molar refractivity (Wildman–Crippen MR) is 135 cm³/mol. The standard InChI is InChI=1S/C27H26F3N3O4S/c1-16-14-17(2)24(18(3)15-16)37-26-21(25(34)33-38(35,36)23-6-4-5-13-31-23)11-12-22(32-26)19-7-9-20(10-8-19)27(28,29)30/h4-7,11-15,20H,8-10H2,1-3H3,(H,33,34). The Hall–Kier alpha value is -3.73. The number of carbonyl (C=O) groups excluding carboxylic acids is 1. The molecule has 1 N–H and O–H groups in total. The van der Waals surface area contributed by atoms with Gasteiger partial charge < -0.3 is 4.74 Å². The quantitative estimate of drug-likeness (QED) is 0.405. The number of aryl methyl sites for hydroxylation is 3. The molecule has 0 saturated carbocycles. The van der Waals surface area contributed by atoms with Gasteiger partial charge in [-0.2, -0.15) is 21.6 Å². The second-order valence-electron chi connectivity index (χ2n) is 9.22. The van der Waals surface area contributed by atoms with E-state index in [1.54, 1.807) is 6.07 Å². The van der Waals surface area contributed by atoms with Crippen molar-refractivity contribution < 1.29 is 31.1 Å². The number of hydrogen-bond donors (Lipinski definition) is 1. The van der Waals surface area contributed by atoms with Crippen LogP contribution < -0.4 is 9.46 Å².